The van der Waals surface area contributed by atoms with Gasteiger partial charge in [-0.2, -0.15) is 0 Å². The van der Waals surface area contributed by atoms with Crippen LogP contribution in [0.15, 0.2) is 106 Å². The van der Waals surface area contributed by atoms with Crippen LogP contribution in [0.2, 0.25) is 0 Å². The first kappa shape index (κ1) is 59.8. The van der Waals surface area contributed by atoms with E-state index in [1.807, 2.05) is 0 Å². The third-order valence-electron chi connectivity index (χ3n) is 10.1. The molecular weight excluding hydrogens is 1080 g/mol. The maximum absolute atomic E-state index is 12.3. The zero-order valence-electron chi connectivity index (χ0n) is 35.7. The summed E-state index contributed by atoms with van der Waals surface area (Å²) in [6.07, 6.45) is 0. The summed E-state index contributed by atoms with van der Waals surface area (Å²) < 4.78 is 99.6. The summed E-state index contributed by atoms with van der Waals surface area (Å²) in [5, 5.41) is 64.7. The molecular formula is C42H18GaNa3O21S3. The molecule has 21 nitrogen and oxygen atoms in total. The molecule has 28 heteroatoms. The van der Waals surface area contributed by atoms with Gasteiger partial charge < -0.3 is 44.3 Å². The van der Waals surface area contributed by atoms with Crippen molar-refractivity contribution in [3.05, 3.63) is 158 Å². The number of benzene rings is 6. The van der Waals surface area contributed by atoms with Crippen molar-refractivity contribution in [1.82, 2.24) is 0 Å². The second kappa shape index (κ2) is 21.7. The Labute approximate surface area is 473 Å². The summed E-state index contributed by atoms with van der Waals surface area (Å²) in [6.45, 7) is 0. The molecule has 6 aromatic rings. The Kier molecular flexibility index (Phi) is 18.5. The van der Waals surface area contributed by atoms with E-state index < -0.39 is 148 Å². The van der Waals surface area contributed by atoms with Crippen molar-refractivity contribution >= 4 is 84.8 Å². The largest absolute Gasteiger partial charge is 3.00 e. The molecule has 0 saturated carbocycles. The Balaban J connectivity index is 0.000000270. The molecule has 0 unspecified atom stereocenters. The van der Waals surface area contributed by atoms with Crippen LogP contribution in [0.3, 0.4) is 0 Å². The average molecular weight is 1090 g/mol. The fourth-order valence-electron chi connectivity index (χ4n) is 7.14. The third-order valence-corrected chi connectivity index (χ3v) is 12.7. The molecule has 9 rings (SSSR count). The number of rotatable bonds is 3. The van der Waals surface area contributed by atoms with Gasteiger partial charge in [0.25, 0.3) is 0 Å². The second-order valence-corrected chi connectivity index (χ2v) is 17.9. The number of ketones is 6. The summed E-state index contributed by atoms with van der Waals surface area (Å²) >= 11 is 0. The van der Waals surface area contributed by atoms with Gasteiger partial charge in [0.15, 0.2) is 34.7 Å². The zero-order chi connectivity index (χ0) is 48.7. The Morgan fingerprint density at radius 2 is 0.500 bits per heavy atom. The van der Waals surface area contributed by atoms with Crippen molar-refractivity contribution in [2.45, 2.75) is 14.7 Å². The zero-order valence-corrected chi connectivity index (χ0v) is 46.5. The van der Waals surface area contributed by atoms with E-state index in [1.54, 1.807) is 0 Å². The van der Waals surface area contributed by atoms with Crippen LogP contribution in [0.25, 0.3) is 0 Å². The Bertz CT molecular complexity index is 3280. The van der Waals surface area contributed by atoms with E-state index in [4.69, 9.17) is 0 Å². The van der Waals surface area contributed by atoms with Gasteiger partial charge in [-0.15, -0.1) is 0 Å². The Morgan fingerprint density at radius 3 is 0.671 bits per heavy atom. The van der Waals surface area contributed by atoms with Crippen molar-refractivity contribution in [2.24, 2.45) is 0 Å². The summed E-state index contributed by atoms with van der Waals surface area (Å²) in [7, 11) is -15.6. The summed E-state index contributed by atoms with van der Waals surface area (Å²) in [5.74, 6) is -12.7. The van der Waals surface area contributed by atoms with Crippen LogP contribution in [-0.2, 0) is 30.4 Å². The van der Waals surface area contributed by atoms with Crippen LogP contribution in [0.5, 0.6) is 34.5 Å². The van der Waals surface area contributed by atoms with Gasteiger partial charge in [-0.3, -0.25) is 28.8 Å². The monoisotopic (exact) mass is 1090 g/mol. The molecule has 0 heterocycles. The number of phenols is 3. The minimum absolute atomic E-state index is 0. The van der Waals surface area contributed by atoms with Crippen molar-refractivity contribution in [1.29, 1.82) is 0 Å². The van der Waals surface area contributed by atoms with Gasteiger partial charge in [0.1, 0.15) is 47.6 Å². The minimum atomic E-state index is -5.19. The number of hydrogen-bond acceptors (Lipinski definition) is 21. The molecule has 3 aliphatic carbocycles. The Morgan fingerprint density at radius 1 is 0.329 bits per heavy atom. The second-order valence-electron chi connectivity index (χ2n) is 13.9. The molecule has 3 aliphatic rings. The Hall–Kier alpha value is -4.49. The maximum Gasteiger partial charge on any atom is 3.00 e. The van der Waals surface area contributed by atoms with Crippen LogP contribution in [0, 0.1) is 0 Å². The smallest absolute Gasteiger partial charge is 0.869 e. The molecule has 0 atom stereocenters. The normalized spacial score (nSPS) is 12.9. The van der Waals surface area contributed by atoms with Gasteiger partial charge in [-0.1, -0.05) is 72.8 Å². The first-order valence-electron chi connectivity index (χ1n) is 17.8. The molecule has 70 heavy (non-hydrogen) atoms. The van der Waals surface area contributed by atoms with Crippen molar-refractivity contribution in [2.75, 3.05) is 0 Å². The number of aromatic hydroxyl groups is 3. The molecule has 0 aromatic heterocycles. The quantitative estimate of drug-likeness (QED) is 0.109. The van der Waals surface area contributed by atoms with Crippen molar-refractivity contribution < 1.29 is 187 Å². The summed E-state index contributed by atoms with van der Waals surface area (Å²) in [5.41, 5.74) is -3.18. The summed E-state index contributed by atoms with van der Waals surface area (Å²) in [4.78, 5) is 70.1. The van der Waals surface area contributed by atoms with E-state index in [-0.39, 0.29) is 142 Å². The van der Waals surface area contributed by atoms with Gasteiger partial charge in [0.05, 0.1) is 31.4 Å². The van der Waals surface area contributed by atoms with Crippen molar-refractivity contribution in [3.8, 4) is 34.5 Å². The molecule has 0 fully saturated rings. The van der Waals surface area contributed by atoms with Crippen LogP contribution in [0.1, 0.15) is 95.5 Å². The van der Waals surface area contributed by atoms with Crippen LogP contribution in [0.4, 0.5) is 0 Å². The van der Waals surface area contributed by atoms with Gasteiger partial charge in [-0.05, 0) is 35.4 Å². The molecule has 6 aromatic carbocycles. The fraction of sp³-hybridized carbons (Fsp3) is 0. The average Bonchev–Trinajstić information content (AvgIpc) is 3.25. The van der Waals surface area contributed by atoms with Gasteiger partial charge >= 0.3 is 108 Å². The van der Waals surface area contributed by atoms with Crippen molar-refractivity contribution in [3.63, 3.8) is 0 Å². The predicted octanol–water partition coefficient (Wildman–Crippen LogP) is -8.93. The van der Waals surface area contributed by atoms with Crippen LogP contribution >= 0.6 is 0 Å². The van der Waals surface area contributed by atoms with Crippen LogP contribution in [-0.4, -0.2) is 109 Å². The third kappa shape index (κ3) is 10.4. The molecule has 0 spiro atoms. The molecule has 336 valence electrons. The molecule has 0 aliphatic heterocycles. The van der Waals surface area contributed by atoms with E-state index in [9.17, 15) is 98.3 Å². The molecule has 0 amide bonds. The topological polar surface area (TPSA) is 404 Å². The fourth-order valence-corrected chi connectivity index (χ4v) is 8.90. The van der Waals surface area contributed by atoms with E-state index in [0.29, 0.717) is 18.2 Å². The van der Waals surface area contributed by atoms with E-state index >= 15 is 0 Å². The molecule has 0 saturated heterocycles. The number of carbonyl (C=O) groups excluding carboxylic acids is 6. The van der Waals surface area contributed by atoms with E-state index in [2.05, 4.69) is 0 Å². The van der Waals surface area contributed by atoms with E-state index in [1.165, 1.54) is 72.8 Å². The number of carbonyl (C=O) groups is 6. The van der Waals surface area contributed by atoms with Gasteiger partial charge in [0, 0.05) is 50.1 Å². The summed E-state index contributed by atoms with van der Waals surface area (Å²) in [6, 6.07) is 18.8. The molecule has 3 N–H and O–H groups in total. The number of hydrogen-bond donors (Lipinski definition) is 3. The molecule has 0 bridgehead atoms. The first-order valence-corrected chi connectivity index (χ1v) is 22.1. The van der Waals surface area contributed by atoms with E-state index in [0.717, 1.165) is 0 Å². The van der Waals surface area contributed by atoms with Crippen LogP contribution < -0.4 is 104 Å². The van der Waals surface area contributed by atoms with Gasteiger partial charge in [-0.25, -0.2) is 25.3 Å². The predicted molar refractivity (Wildman–Crippen MR) is 212 cm³/mol. The number of phenolic OH excluding ortho intramolecular Hbond substituents is 3. The first-order chi connectivity index (χ1) is 30.7. The SMILES string of the molecule is O=C1c2ccccc2C(=O)c2c1cc(S(=O)(=O)[O-])c([O-])c2O.O=C1c2ccccc2C(=O)c2c1cc(S(=O)(=O)[O-])c([O-])c2O.O=C1c2ccccc2C(=O)c2c1cc(S(=O)(=O)[O-])c([O-])c2O.[Ga+3].[Na+].[Na+].[Na+]. The maximum atomic E-state index is 12.3. The minimum Gasteiger partial charge on any atom is -0.869 e. The van der Waals surface area contributed by atoms with Gasteiger partial charge in [0.2, 0.25) is 0 Å². The number of fused-ring (bicyclic) bond motifs is 6. The standard InChI is InChI=1S/3C14H8O7S.Ga.3Na/c3*15-11-6-3-1-2-4-7(6)12(16)10-8(11)5-9(22(19,20)21)13(17)14(10)18;;;;/h3*1-5,17-18H,(H,19,20,21);;;;/q;;;+3;3*+1/p-6. The molecule has 0 radical (unpaired) electrons.